The Morgan fingerprint density at radius 2 is 1.83 bits per heavy atom. The third-order valence-electron chi connectivity index (χ3n) is 4.34. The molecule has 1 aliphatic heterocycles. The Balaban J connectivity index is 2.08. The van der Waals surface area contributed by atoms with E-state index in [0.717, 1.165) is 6.42 Å². The lowest BCUT2D eigenvalue weighted by atomic mass is 9.97. The van der Waals surface area contributed by atoms with Gasteiger partial charge in [-0.25, -0.2) is 8.42 Å². The Morgan fingerprint density at radius 3 is 2.33 bits per heavy atom. The third kappa shape index (κ3) is 4.23. The Morgan fingerprint density at radius 1 is 1.29 bits per heavy atom. The van der Waals surface area contributed by atoms with Gasteiger partial charge < -0.3 is 5.32 Å². The van der Waals surface area contributed by atoms with Crippen molar-refractivity contribution in [3.63, 3.8) is 0 Å². The van der Waals surface area contributed by atoms with Crippen LogP contribution in [0.3, 0.4) is 0 Å². The number of carbonyl (C=O) groups is 1. The van der Waals surface area contributed by atoms with Gasteiger partial charge in [0.2, 0.25) is 15.9 Å². The molecule has 1 amide bonds. The summed E-state index contributed by atoms with van der Waals surface area (Å²) >= 11 is 12.1. The van der Waals surface area contributed by atoms with Crippen LogP contribution in [0.4, 0.5) is 0 Å². The maximum Gasteiger partial charge on any atom is 0.246 e. The van der Waals surface area contributed by atoms with Gasteiger partial charge in [0.15, 0.2) is 0 Å². The lowest BCUT2D eigenvalue weighted by Crippen LogP contribution is -2.44. The molecule has 5 nitrogen and oxygen atoms in total. The van der Waals surface area contributed by atoms with Crippen molar-refractivity contribution in [1.82, 2.24) is 9.62 Å². The van der Waals surface area contributed by atoms with Crippen LogP contribution < -0.4 is 5.32 Å². The Bertz CT molecular complexity index is 681. The van der Waals surface area contributed by atoms with Crippen LogP contribution >= 0.6 is 23.2 Å². The second-order valence-corrected chi connectivity index (χ2v) is 8.74. The summed E-state index contributed by atoms with van der Waals surface area (Å²) in [6, 6.07) is 4.75. The molecule has 134 valence electrons. The number of benzene rings is 1. The number of hydrogen-bond acceptors (Lipinski definition) is 3. The highest BCUT2D eigenvalue weighted by Gasteiger charge is 2.34. The van der Waals surface area contributed by atoms with E-state index in [2.05, 4.69) is 5.32 Å². The third-order valence-corrected chi connectivity index (χ3v) is 7.20. The summed E-state index contributed by atoms with van der Waals surface area (Å²) < 4.78 is 26.9. The molecule has 0 spiro atoms. The van der Waals surface area contributed by atoms with E-state index in [0.29, 0.717) is 12.8 Å². The second-order valence-electron chi connectivity index (χ2n) is 6.05. The maximum absolute atomic E-state index is 12.8. The van der Waals surface area contributed by atoms with Crippen molar-refractivity contribution in [2.75, 3.05) is 13.1 Å². The van der Waals surface area contributed by atoms with E-state index in [1.54, 1.807) is 6.07 Å². The van der Waals surface area contributed by atoms with Crippen LogP contribution in [0.25, 0.3) is 0 Å². The van der Waals surface area contributed by atoms with E-state index in [9.17, 15) is 13.2 Å². The van der Waals surface area contributed by atoms with Gasteiger partial charge in [0, 0.05) is 25.0 Å². The zero-order valence-electron chi connectivity index (χ0n) is 13.8. The van der Waals surface area contributed by atoms with Crippen molar-refractivity contribution >= 4 is 39.1 Å². The quantitative estimate of drug-likeness (QED) is 0.835. The lowest BCUT2D eigenvalue weighted by molar-refractivity contribution is -0.126. The van der Waals surface area contributed by atoms with Crippen molar-refractivity contribution in [3.8, 4) is 0 Å². The molecule has 1 saturated heterocycles. The smallest absolute Gasteiger partial charge is 0.246 e. The molecule has 8 heteroatoms. The number of amides is 1. The minimum absolute atomic E-state index is 0.00262. The Hall–Kier alpha value is -0.820. The Kier molecular flexibility index (Phi) is 6.53. The van der Waals surface area contributed by atoms with Crippen LogP contribution in [0.1, 0.15) is 33.1 Å². The predicted molar refractivity (Wildman–Crippen MR) is 95.8 cm³/mol. The first-order chi connectivity index (χ1) is 11.3. The summed E-state index contributed by atoms with van der Waals surface area (Å²) in [6.45, 7) is 4.52. The molecule has 0 unspecified atom stereocenters. The summed E-state index contributed by atoms with van der Waals surface area (Å²) in [5, 5.41) is 3.17. The Labute approximate surface area is 153 Å². The molecular formula is C16H22Cl2N2O3S. The number of carbonyl (C=O) groups excluding carboxylic acids is 1. The molecule has 2 rings (SSSR count). The number of sulfonamides is 1. The highest BCUT2D eigenvalue weighted by Crippen LogP contribution is 2.33. The normalized spacial score (nSPS) is 18.3. The van der Waals surface area contributed by atoms with E-state index in [1.807, 2.05) is 13.8 Å². The zero-order chi connectivity index (χ0) is 17.9. The fraction of sp³-hybridized carbons (Fsp3) is 0.562. The van der Waals surface area contributed by atoms with Crippen LogP contribution in [0, 0.1) is 5.92 Å². The van der Waals surface area contributed by atoms with E-state index < -0.39 is 10.0 Å². The molecule has 0 aromatic heterocycles. The molecular weight excluding hydrogens is 371 g/mol. The summed E-state index contributed by atoms with van der Waals surface area (Å²) in [5.74, 6) is -0.163. The van der Waals surface area contributed by atoms with Gasteiger partial charge in [0.1, 0.15) is 4.90 Å². The molecule has 1 aromatic rings. The second kappa shape index (κ2) is 8.04. The van der Waals surface area contributed by atoms with Crippen molar-refractivity contribution in [2.24, 2.45) is 5.92 Å². The van der Waals surface area contributed by atoms with Crippen LogP contribution in [-0.4, -0.2) is 37.8 Å². The van der Waals surface area contributed by atoms with Crippen LogP contribution in [0.5, 0.6) is 0 Å². The fourth-order valence-corrected chi connectivity index (χ4v) is 5.24. The van der Waals surface area contributed by atoms with Crippen molar-refractivity contribution in [2.45, 2.75) is 44.0 Å². The van der Waals surface area contributed by atoms with Gasteiger partial charge in [-0.1, -0.05) is 36.2 Å². The molecule has 1 atom stereocenters. The zero-order valence-corrected chi connectivity index (χ0v) is 16.1. The van der Waals surface area contributed by atoms with Gasteiger partial charge in [-0.15, -0.1) is 0 Å². The van der Waals surface area contributed by atoms with E-state index in [1.165, 1.54) is 16.4 Å². The first kappa shape index (κ1) is 19.5. The molecule has 0 bridgehead atoms. The minimum Gasteiger partial charge on any atom is -0.353 e. The SMILES string of the molecule is CC[C@@H](C)NC(=O)C1CCN(S(=O)(=O)c2c(Cl)cccc2Cl)CC1. The predicted octanol–water partition coefficient (Wildman–Crippen LogP) is 3.31. The number of halogens is 2. The van der Waals surface area contributed by atoms with Crippen molar-refractivity contribution < 1.29 is 13.2 Å². The topological polar surface area (TPSA) is 66.5 Å². The molecule has 0 aliphatic carbocycles. The largest absolute Gasteiger partial charge is 0.353 e. The molecule has 24 heavy (non-hydrogen) atoms. The van der Waals surface area contributed by atoms with Gasteiger partial charge in [-0.2, -0.15) is 4.31 Å². The first-order valence-electron chi connectivity index (χ1n) is 8.02. The molecule has 1 aromatic carbocycles. The molecule has 1 N–H and O–H groups in total. The summed E-state index contributed by atoms with van der Waals surface area (Å²) in [5.41, 5.74) is 0. The molecule has 0 saturated carbocycles. The minimum atomic E-state index is -3.76. The summed E-state index contributed by atoms with van der Waals surface area (Å²) in [6.07, 6.45) is 1.84. The fourth-order valence-electron chi connectivity index (χ4n) is 2.68. The average molecular weight is 393 g/mol. The number of nitrogens with one attached hydrogen (secondary N) is 1. The summed E-state index contributed by atoms with van der Waals surface area (Å²) in [7, 11) is -3.76. The number of nitrogens with zero attached hydrogens (tertiary/aromatic N) is 1. The number of rotatable bonds is 5. The standard InChI is InChI=1S/C16H22Cl2N2O3S/c1-3-11(2)19-16(21)12-7-9-20(10-8-12)24(22,23)15-13(17)5-4-6-14(15)18/h4-6,11-12H,3,7-10H2,1-2H3,(H,19,21)/t11-/m1/s1. The highest BCUT2D eigenvalue weighted by molar-refractivity contribution is 7.89. The van der Waals surface area contributed by atoms with Gasteiger partial charge in [-0.05, 0) is 38.3 Å². The molecule has 1 aliphatic rings. The van der Waals surface area contributed by atoms with Crippen LogP contribution in [0.15, 0.2) is 23.1 Å². The number of piperidine rings is 1. The van der Waals surface area contributed by atoms with E-state index in [-0.39, 0.29) is 45.9 Å². The monoisotopic (exact) mass is 392 g/mol. The highest BCUT2D eigenvalue weighted by atomic mass is 35.5. The van der Waals surface area contributed by atoms with Gasteiger partial charge in [-0.3, -0.25) is 4.79 Å². The van der Waals surface area contributed by atoms with Crippen LogP contribution in [0.2, 0.25) is 10.0 Å². The lowest BCUT2D eigenvalue weighted by Gasteiger charge is -2.31. The van der Waals surface area contributed by atoms with Crippen molar-refractivity contribution in [1.29, 1.82) is 0 Å². The van der Waals surface area contributed by atoms with Crippen molar-refractivity contribution in [3.05, 3.63) is 28.2 Å². The summed E-state index contributed by atoms with van der Waals surface area (Å²) in [4.78, 5) is 12.1. The molecule has 0 radical (unpaired) electrons. The van der Waals surface area contributed by atoms with Gasteiger partial charge >= 0.3 is 0 Å². The van der Waals surface area contributed by atoms with Crippen LogP contribution in [-0.2, 0) is 14.8 Å². The molecule has 1 fully saturated rings. The van der Waals surface area contributed by atoms with E-state index in [4.69, 9.17) is 23.2 Å². The first-order valence-corrected chi connectivity index (χ1v) is 10.2. The molecule has 1 heterocycles. The van der Waals surface area contributed by atoms with E-state index >= 15 is 0 Å². The van der Waals surface area contributed by atoms with Gasteiger partial charge in [0.05, 0.1) is 10.0 Å². The average Bonchev–Trinajstić information content (AvgIpc) is 2.54. The van der Waals surface area contributed by atoms with Gasteiger partial charge in [0.25, 0.3) is 0 Å². The maximum atomic E-state index is 12.8. The number of hydrogen-bond donors (Lipinski definition) is 1.